The maximum Gasteiger partial charge on any atom is 0.269 e. The van der Waals surface area contributed by atoms with E-state index in [-0.39, 0.29) is 16.7 Å². The van der Waals surface area contributed by atoms with Crippen LogP contribution in [0.1, 0.15) is 28.3 Å². The lowest BCUT2D eigenvalue weighted by Crippen LogP contribution is -2.50. The van der Waals surface area contributed by atoms with Gasteiger partial charge in [-0.25, -0.2) is 0 Å². The summed E-state index contributed by atoms with van der Waals surface area (Å²) in [6.07, 6.45) is 0.919. The number of benzene rings is 3. The zero-order chi connectivity index (χ0) is 22.0. The van der Waals surface area contributed by atoms with Gasteiger partial charge in [-0.05, 0) is 29.8 Å². The summed E-state index contributed by atoms with van der Waals surface area (Å²) in [4.78, 5) is 10.7. The number of hydrogen-bond acceptors (Lipinski definition) is 4. The zero-order valence-electron chi connectivity index (χ0n) is 18.1. The van der Waals surface area contributed by atoms with Crippen LogP contribution >= 0.6 is 0 Å². The predicted octanol–water partition coefficient (Wildman–Crippen LogP) is 4.90. The molecule has 6 nitrogen and oxygen atoms in total. The van der Waals surface area contributed by atoms with Crippen molar-refractivity contribution in [2.24, 2.45) is 0 Å². The van der Waals surface area contributed by atoms with E-state index in [1.54, 1.807) is 26.4 Å². The van der Waals surface area contributed by atoms with Gasteiger partial charge in [-0.15, -0.1) is 0 Å². The van der Waals surface area contributed by atoms with Crippen molar-refractivity contribution in [3.05, 3.63) is 99.1 Å². The third-order valence-electron chi connectivity index (χ3n) is 6.26. The molecule has 0 radical (unpaired) electrons. The number of ether oxygens (including phenoxy) is 2. The smallest absolute Gasteiger partial charge is 0.269 e. The summed E-state index contributed by atoms with van der Waals surface area (Å²) in [6.45, 7) is 1.71. The minimum atomic E-state index is -0.357. The molecule has 0 amide bonds. The van der Waals surface area contributed by atoms with Crippen LogP contribution in [0.5, 0.6) is 11.5 Å². The molecular weight excluding hydrogens is 392 g/mol. The molecule has 160 valence electrons. The van der Waals surface area contributed by atoms with E-state index in [9.17, 15) is 10.1 Å². The molecule has 6 heteroatoms. The van der Waals surface area contributed by atoms with Crippen molar-refractivity contribution in [1.29, 1.82) is 0 Å². The Morgan fingerprint density at radius 1 is 1.00 bits per heavy atom. The molecule has 0 fully saturated rings. The van der Waals surface area contributed by atoms with E-state index in [0.29, 0.717) is 0 Å². The van der Waals surface area contributed by atoms with Crippen LogP contribution in [0.25, 0.3) is 0 Å². The number of nitrogens with zero attached hydrogens (tertiary/aromatic N) is 2. The second-order valence-corrected chi connectivity index (χ2v) is 8.25. The molecule has 1 aliphatic heterocycles. The summed E-state index contributed by atoms with van der Waals surface area (Å²) in [7, 11) is 5.59. The fourth-order valence-corrected chi connectivity index (χ4v) is 4.73. The largest absolute Gasteiger partial charge is 0.493 e. The monoisotopic (exact) mass is 419 g/mol. The molecule has 4 rings (SSSR count). The molecule has 0 N–H and O–H groups in total. The van der Waals surface area contributed by atoms with Gasteiger partial charge in [0.25, 0.3) is 5.69 Å². The topological polar surface area (TPSA) is 61.6 Å². The number of nitro groups is 1. The standard InChI is InChI=1S/C25H27N2O4/c1-27(17-18-9-11-21(12-10-18)26(28)29)14-13-20-15-23(30-2)24(31-3)16-22(20)25(27)19-7-5-4-6-8-19/h4-12,15-16,25H,13-14,17H2,1-3H3/q+1/t25-,27+/m1/s1. The number of nitro benzene ring substituents is 1. The lowest BCUT2D eigenvalue weighted by molar-refractivity contribution is -0.948. The minimum absolute atomic E-state index is 0.111. The van der Waals surface area contributed by atoms with Gasteiger partial charge in [-0.2, -0.15) is 0 Å². The molecule has 2 atom stereocenters. The average Bonchev–Trinajstić information content (AvgIpc) is 2.79. The predicted molar refractivity (Wildman–Crippen MR) is 119 cm³/mol. The van der Waals surface area contributed by atoms with Crippen LogP contribution in [0.3, 0.4) is 0 Å². The fourth-order valence-electron chi connectivity index (χ4n) is 4.73. The minimum Gasteiger partial charge on any atom is -0.493 e. The molecule has 3 aromatic carbocycles. The summed E-state index contributed by atoms with van der Waals surface area (Å²) >= 11 is 0. The number of hydrogen-bond donors (Lipinski definition) is 0. The quantitative estimate of drug-likeness (QED) is 0.324. The van der Waals surface area contributed by atoms with Crippen molar-refractivity contribution in [3.8, 4) is 11.5 Å². The first-order valence-corrected chi connectivity index (χ1v) is 10.3. The van der Waals surface area contributed by atoms with Crippen molar-refractivity contribution >= 4 is 5.69 Å². The van der Waals surface area contributed by atoms with Gasteiger partial charge in [0.05, 0.1) is 32.7 Å². The second kappa shape index (κ2) is 8.40. The van der Waals surface area contributed by atoms with Gasteiger partial charge >= 0.3 is 0 Å². The van der Waals surface area contributed by atoms with Crippen molar-refractivity contribution < 1.29 is 18.9 Å². The highest BCUT2D eigenvalue weighted by Crippen LogP contribution is 2.44. The Bertz CT molecular complexity index is 1080. The highest BCUT2D eigenvalue weighted by atomic mass is 16.6. The van der Waals surface area contributed by atoms with E-state index in [1.807, 2.05) is 18.2 Å². The Labute approximate surface area is 182 Å². The van der Waals surface area contributed by atoms with E-state index in [1.165, 1.54) is 16.7 Å². The molecule has 0 unspecified atom stereocenters. The third-order valence-corrected chi connectivity index (χ3v) is 6.26. The number of methoxy groups -OCH3 is 2. The molecule has 0 spiro atoms. The number of fused-ring (bicyclic) bond motifs is 1. The first-order chi connectivity index (χ1) is 14.9. The molecule has 0 aromatic heterocycles. The summed E-state index contributed by atoms with van der Waals surface area (Å²) in [5.74, 6) is 1.48. The van der Waals surface area contributed by atoms with Crippen LogP contribution in [0.4, 0.5) is 5.69 Å². The molecule has 31 heavy (non-hydrogen) atoms. The highest BCUT2D eigenvalue weighted by molar-refractivity contribution is 5.51. The Morgan fingerprint density at radius 3 is 2.26 bits per heavy atom. The SMILES string of the molecule is COc1cc2c(cc1OC)[C@@H](c1ccccc1)[N@+](C)(Cc1ccc([N+](=O)[O-])cc1)CC2. The van der Waals surface area contributed by atoms with Crippen LogP contribution in [-0.2, 0) is 13.0 Å². The van der Waals surface area contributed by atoms with E-state index >= 15 is 0 Å². The van der Waals surface area contributed by atoms with E-state index in [2.05, 4.69) is 43.4 Å². The van der Waals surface area contributed by atoms with Gasteiger partial charge in [0.2, 0.25) is 0 Å². The Balaban J connectivity index is 1.79. The summed E-state index contributed by atoms with van der Waals surface area (Å²) < 4.78 is 11.9. The van der Waals surface area contributed by atoms with Crippen LogP contribution in [-0.4, -0.2) is 37.2 Å². The lowest BCUT2D eigenvalue weighted by atomic mass is 9.85. The number of likely N-dealkylation sites (N-methyl/N-ethyl adjacent to an activating group) is 1. The molecule has 0 aliphatic carbocycles. The number of rotatable bonds is 6. The van der Waals surface area contributed by atoms with Crippen LogP contribution in [0, 0.1) is 10.1 Å². The van der Waals surface area contributed by atoms with Crippen LogP contribution < -0.4 is 9.47 Å². The van der Waals surface area contributed by atoms with E-state index < -0.39 is 0 Å². The Kier molecular flexibility index (Phi) is 5.65. The lowest BCUT2D eigenvalue weighted by Gasteiger charge is -2.46. The number of quaternary nitrogens is 1. The average molecular weight is 420 g/mol. The molecule has 1 aliphatic rings. The summed E-state index contributed by atoms with van der Waals surface area (Å²) in [5.41, 5.74) is 4.94. The van der Waals surface area contributed by atoms with Crippen molar-refractivity contribution in [3.63, 3.8) is 0 Å². The molecule has 0 saturated carbocycles. The molecular formula is C25H27N2O4+. The molecule has 0 bridgehead atoms. The normalized spacial score (nSPS) is 20.0. The molecule has 1 heterocycles. The molecule has 3 aromatic rings. The maximum atomic E-state index is 11.0. The van der Waals surface area contributed by atoms with Crippen molar-refractivity contribution in [2.45, 2.75) is 19.0 Å². The van der Waals surface area contributed by atoms with E-state index in [4.69, 9.17) is 9.47 Å². The summed E-state index contributed by atoms with van der Waals surface area (Å²) in [5, 5.41) is 11.0. The fraction of sp³-hybridized carbons (Fsp3) is 0.280. The number of non-ortho nitro benzene ring substituents is 1. The van der Waals surface area contributed by atoms with Crippen molar-refractivity contribution in [2.75, 3.05) is 27.8 Å². The van der Waals surface area contributed by atoms with Crippen LogP contribution in [0.2, 0.25) is 0 Å². The van der Waals surface area contributed by atoms with Gasteiger partial charge in [-0.1, -0.05) is 30.3 Å². The van der Waals surface area contributed by atoms with Gasteiger partial charge in [0.15, 0.2) is 11.5 Å². The van der Waals surface area contributed by atoms with Gasteiger partial charge in [0.1, 0.15) is 12.6 Å². The first kappa shape index (κ1) is 20.9. The molecule has 0 saturated heterocycles. The zero-order valence-corrected chi connectivity index (χ0v) is 18.1. The van der Waals surface area contributed by atoms with Gasteiger partial charge in [0, 0.05) is 35.2 Å². The highest BCUT2D eigenvalue weighted by Gasteiger charge is 2.41. The maximum absolute atomic E-state index is 11.0. The summed E-state index contributed by atoms with van der Waals surface area (Å²) in [6, 6.07) is 21.7. The van der Waals surface area contributed by atoms with E-state index in [0.717, 1.165) is 41.1 Å². The van der Waals surface area contributed by atoms with Crippen molar-refractivity contribution in [1.82, 2.24) is 0 Å². The Morgan fingerprint density at radius 2 is 1.65 bits per heavy atom. The Hall–Kier alpha value is -3.38. The van der Waals surface area contributed by atoms with Gasteiger partial charge < -0.3 is 14.0 Å². The van der Waals surface area contributed by atoms with Crippen LogP contribution in [0.15, 0.2) is 66.7 Å². The first-order valence-electron chi connectivity index (χ1n) is 10.3. The second-order valence-electron chi connectivity index (χ2n) is 8.25. The van der Waals surface area contributed by atoms with Gasteiger partial charge in [-0.3, -0.25) is 10.1 Å². The third kappa shape index (κ3) is 3.99.